The molecule has 1 N–H and O–H groups in total. The zero-order valence-electron chi connectivity index (χ0n) is 12.4. The molecule has 0 saturated heterocycles. The molecule has 0 rings (SSSR count). The van der Waals surface area contributed by atoms with E-state index in [2.05, 4.69) is 10.1 Å². The Hall–Kier alpha value is -1.37. The average Bonchev–Trinajstić information content (AvgIpc) is 2.33. The van der Waals surface area contributed by atoms with E-state index in [9.17, 15) is 19.2 Å². The minimum absolute atomic E-state index is 0.100. The van der Waals surface area contributed by atoms with Gasteiger partial charge in [0, 0.05) is 17.2 Å². The van der Waals surface area contributed by atoms with E-state index >= 15 is 0 Å². The third-order valence-corrected chi connectivity index (χ3v) is 3.39. The fourth-order valence-electron chi connectivity index (χ4n) is 1.20. The Morgan fingerprint density at radius 3 is 2.20 bits per heavy atom. The number of carbonyl (C=O) groups excluding carboxylic acids is 4. The largest absolute Gasteiger partial charge is 0.463 e. The second kappa shape index (κ2) is 8.04. The first-order chi connectivity index (χ1) is 9.09. The van der Waals surface area contributed by atoms with Gasteiger partial charge in [-0.3, -0.25) is 14.4 Å². The van der Waals surface area contributed by atoms with Crippen LogP contribution in [0.4, 0.5) is 0 Å². The van der Waals surface area contributed by atoms with Gasteiger partial charge in [0.2, 0.25) is 11.7 Å². The van der Waals surface area contributed by atoms with Crippen molar-refractivity contribution in [1.29, 1.82) is 0 Å². The topological polar surface area (TPSA) is 89.5 Å². The Morgan fingerprint density at radius 2 is 1.75 bits per heavy atom. The molecule has 0 aromatic carbocycles. The normalized spacial score (nSPS) is 11.1. The Bertz CT molecular complexity index is 404. The molecule has 0 aliphatic carbocycles. The van der Waals surface area contributed by atoms with E-state index in [1.165, 1.54) is 0 Å². The van der Waals surface area contributed by atoms with E-state index in [4.69, 9.17) is 0 Å². The highest BCUT2D eigenvalue weighted by molar-refractivity contribution is 8.14. The van der Waals surface area contributed by atoms with Gasteiger partial charge in [-0.25, -0.2) is 4.79 Å². The first kappa shape index (κ1) is 18.6. The van der Waals surface area contributed by atoms with Crippen molar-refractivity contribution in [3.63, 3.8) is 0 Å². The van der Waals surface area contributed by atoms with Crippen LogP contribution in [-0.2, 0) is 23.9 Å². The summed E-state index contributed by atoms with van der Waals surface area (Å²) in [5.74, 6) is -2.12. The molecule has 0 aliphatic heterocycles. The molecule has 0 unspecified atom stereocenters. The predicted octanol–water partition coefficient (Wildman–Crippen LogP) is 0.929. The number of nitrogens with one attached hydrogen (secondary N) is 1. The maximum absolute atomic E-state index is 11.7. The van der Waals surface area contributed by atoms with Crippen LogP contribution >= 0.6 is 11.8 Å². The summed E-state index contributed by atoms with van der Waals surface area (Å²) in [4.78, 5) is 45.3. The zero-order chi connectivity index (χ0) is 15.9. The molecule has 1 amide bonds. The summed E-state index contributed by atoms with van der Waals surface area (Å²) in [5, 5.41) is 2.30. The summed E-state index contributed by atoms with van der Waals surface area (Å²) < 4.78 is 3.68. The van der Waals surface area contributed by atoms with Crippen molar-refractivity contribution in [3.05, 3.63) is 0 Å². The SMILES string of the molecule is COC(=O)C(=O)CC(=O)SC(C)(C)CNC(=O)C(C)C. The molecule has 0 atom stereocenters. The average molecular weight is 303 g/mol. The minimum atomic E-state index is -1.02. The molecule has 0 fully saturated rings. The third-order valence-electron chi connectivity index (χ3n) is 2.32. The van der Waals surface area contributed by atoms with Crippen LogP contribution in [0, 0.1) is 5.92 Å². The molecule has 20 heavy (non-hydrogen) atoms. The smallest absolute Gasteiger partial charge is 0.374 e. The molecule has 7 heteroatoms. The van der Waals surface area contributed by atoms with Crippen molar-refractivity contribution in [3.8, 4) is 0 Å². The van der Waals surface area contributed by atoms with Gasteiger partial charge >= 0.3 is 5.97 Å². The van der Waals surface area contributed by atoms with Crippen molar-refractivity contribution in [1.82, 2.24) is 5.32 Å². The molecule has 0 bridgehead atoms. The molecular formula is C13H21NO5S. The number of carbonyl (C=O) groups is 4. The van der Waals surface area contributed by atoms with Gasteiger partial charge in [-0.2, -0.15) is 0 Å². The Labute approximate surface area is 123 Å². The maximum Gasteiger partial charge on any atom is 0.374 e. The summed E-state index contributed by atoms with van der Waals surface area (Å²) in [6.45, 7) is 7.40. The fraction of sp³-hybridized carbons (Fsp3) is 0.692. The fourth-order valence-corrected chi connectivity index (χ4v) is 2.17. The number of hydrogen-bond donors (Lipinski definition) is 1. The van der Waals surface area contributed by atoms with Gasteiger partial charge in [-0.05, 0) is 13.8 Å². The van der Waals surface area contributed by atoms with Gasteiger partial charge in [0.25, 0.3) is 0 Å². The van der Waals surface area contributed by atoms with Crippen LogP contribution in [-0.4, -0.2) is 41.2 Å². The molecule has 114 valence electrons. The summed E-state index contributed by atoms with van der Waals surface area (Å²) in [6, 6.07) is 0. The van der Waals surface area contributed by atoms with Crippen LogP contribution in [0.1, 0.15) is 34.1 Å². The maximum atomic E-state index is 11.7. The van der Waals surface area contributed by atoms with Crippen molar-refractivity contribution in [2.75, 3.05) is 13.7 Å². The summed E-state index contributed by atoms with van der Waals surface area (Å²) in [7, 11) is 1.09. The van der Waals surface area contributed by atoms with E-state index in [0.717, 1.165) is 18.9 Å². The number of rotatable bonds is 7. The van der Waals surface area contributed by atoms with Gasteiger partial charge in [0.15, 0.2) is 5.12 Å². The monoisotopic (exact) mass is 303 g/mol. The predicted molar refractivity (Wildman–Crippen MR) is 76.2 cm³/mol. The quantitative estimate of drug-likeness (QED) is 0.427. The van der Waals surface area contributed by atoms with Crippen molar-refractivity contribution in [2.24, 2.45) is 5.92 Å². The van der Waals surface area contributed by atoms with Crippen molar-refractivity contribution >= 4 is 34.5 Å². The summed E-state index contributed by atoms with van der Waals surface area (Å²) >= 11 is 0.930. The van der Waals surface area contributed by atoms with E-state index in [1.54, 1.807) is 27.7 Å². The van der Waals surface area contributed by atoms with Crippen molar-refractivity contribution in [2.45, 2.75) is 38.9 Å². The highest BCUT2D eigenvalue weighted by Gasteiger charge is 2.27. The van der Waals surface area contributed by atoms with E-state index in [0.29, 0.717) is 6.54 Å². The van der Waals surface area contributed by atoms with Gasteiger partial charge in [0.05, 0.1) is 13.5 Å². The number of amides is 1. The van der Waals surface area contributed by atoms with Gasteiger partial charge in [-0.15, -0.1) is 0 Å². The number of ether oxygens (including phenoxy) is 1. The molecule has 0 saturated carbocycles. The standard InChI is InChI=1S/C13H21NO5S/c1-8(2)11(17)14-7-13(3,4)20-10(16)6-9(15)12(18)19-5/h8H,6-7H2,1-5H3,(H,14,17). The first-order valence-corrected chi connectivity index (χ1v) is 7.01. The lowest BCUT2D eigenvalue weighted by Crippen LogP contribution is -2.39. The summed E-state index contributed by atoms with van der Waals surface area (Å²) in [5.41, 5.74) is 0. The van der Waals surface area contributed by atoms with Crippen LogP contribution in [0.2, 0.25) is 0 Å². The number of hydrogen-bond acceptors (Lipinski definition) is 6. The Balaban J connectivity index is 4.32. The van der Waals surface area contributed by atoms with Gasteiger partial charge in [0.1, 0.15) is 0 Å². The molecule has 0 aromatic rings. The number of Topliss-reactive ketones (excluding diaryl/α,β-unsaturated/α-hetero) is 1. The number of thioether (sulfide) groups is 1. The highest BCUT2D eigenvalue weighted by atomic mass is 32.2. The number of esters is 1. The molecule has 0 heterocycles. The van der Waals surface area contributed by atoms with Crippen LogP contribution < -0.4 is 5.32 Å². The van der Waals surface area contributed by atoms with E-state index < -0.39 is 28.0 Å². The highest BCUT2D eigenvalue weighted by Crippen LogP contribution is 2.25. The van der Waals surface area contributed by atoms with E-state index in [-0.39, 0.29) is 11.8 Å². The van der Waals surface area contributed by atoms with Crippen molar-refractivity contribution < 1.29 is 23.9 Å². The molecule has 6 nitrogen and oxygen atoms in total. The first-order valence-electron chi connectivity index (χ1n) is 6.19. The van der Waals surface area contributed by atoms with Crippen LogP contribution in [0.25, 0.3) is 0 Å². The third kappa shape index (κ3) is 7.28. The van der Waals surface area contributed by atoms with Crippen LogP contribution in [0.15, 0.2) is 0 Å². The number of methoxy groups -OCH3 is 1. The van der Waals surface area contributed by atoms with Gasteiger partial charge in [-0.1, -0.05) is 25.6 Å². The molecule has 0 aliphatic rings. The second-order valence-corrected chi connectivity index (χ2v) is 6.96. The zero-order valence-corrected chi connectivity index (χ0v) is 13.3. The molecule has 0 spiro atoms. The molecule has 0 radical (unpaired) electrons. The van der Waals surface area contributed by atoms with Gasteiger partial charge < -0.3 is 10.1 Å². The lowest BCUT2D eigenvalue weighted by atomic mass is 10.1. The second-order valence-electron chi connectivity index (χ2n) is 5.20. The number of ketones is 1. The lowest BCUT2D eigenvalue weighted by Gasteiger charge is -2.23. The Morgan fingerprint density at radius 1 is 1.20 bits per heavy atom. The molecule has 0 aromatic heterocycles. The minimum Gasteiger partial charge on any atom is -0.463 e. The van der Waals surface area contributed by atoms with E-state index in [1.807, 2.05) is 0 Å². The summed E-state index contributed by atoms with van der Waals surface area (Å²) in [6.07, 6.45) is -0.501. The van der Waals surface area contributed by atoms with Crippen LogP contribution in [0.5, 0.6) is 0 Å². The van der Waals surface area contributed by atoms with Crippen LogP contribution in [0.3, 0.4) is 0 Å². The lowest BCUT2D eigenvalue weighted by molar-refractivity contribution is -0.152. The molecular weight excluding hydrogens is 282 g/mol. The Kier molecular flexibility index (Phi) is 7.49.